The fourth-order valence-electron chi connectivity index (χ4n) is 4.53. The third kappa shape index (κ3) is 11.2. The van der Waals surface area contributed by atoms with E-state index in [0.717, 1.165) is 22.9 Å². The summed E-state index contributed by atoms with van der Waals surface area (Å²) in [6, 6.07) is 23.3. The summed E-state index contributed by atoms with van der Waals surface area (Å²) in [6.45, 7) is 0.0960. The fourth-order valence-corrected chi connectivity index (χ4v) is 4.98. The number of fused-ring (bicyclic) bond motifs is 4. The predicted molar refractivity (Wildman–Crippen MR) is 189 cm³/mol. The van der Waals surface area contributed by atoms with Crippen molar-refractivity contribution in [3.63, 3.8) is 0 Å². The van der Waals surface area contributed by atoms with Gasteiger partial charge >= 0.3 is 46.4 Å². The molecule has 4 aromatic carbocycles. The van der Waals surface area contributed by atoms with Crippen LogP contribution in [0.1, 0.15) is 38.5 Å². The Morgan fingerprint density at radius 1 is 0.750 bits per heavy atom. The number of carboxylic acids is 1. The van der Waals surface area contributed by atoms with Gasteiger partial charge in [0.15, 0.2) is 6.61 Å². The van der Waals surface area contributed by atoms with E-state index < -0.39 is 27.3 Å². The zero-order valence-corrected chi connectivity index (χ0v) is 29.3. The van der Waals surface area contributed by atoms with Gasteiger partial charge < -0.3 is 42.6 Å². The smallest absolute Gasteiger partial charge is 0.870 e. The van der Waals surface area contributed by atoms with Gasteiger partial charge in [0.05, 0.1) is 42.6 Å². The number of methoxy groups -OCH3 is 1. The Morgan fingerprint density at radius 3 is 1.77 bits per heavy atom. The number of hydrogen-bond donors (Lipinski definition) is 2. The van der Waals surface area contributed by atoms with E-state index in [1.807, 2.05) is 12.1 Å². The van der Waals surface area contributed by atoms with Crippen LogP contribution >= 0.6 is 0 Å². The average molecular weight is 795 g/mol. The minimum Gasteiger partial charge on any atom is -0.870 e. The third-order valence-corrected chi connectivity index (χ3v) is 8.10. The Balaban J connectivity index is 0.000000256. The Morgan fingerprint density at radius 2 is 1.25 bits per heavy atom. The number of carboxylic acid groups (broad SMARTS) is 1. The molecule has 7 aromatic rings. The molecular weight excluding hydrogens is 764 g/mol. The molecule has 56 heavy (non-hydrogen) atoms. The summed E-state index contributed by atoms with van der Waals surface area (Å²) in [7, 11) is -4.29. The SMILES string of the molecule is C.COC(=O)c1ccc2ccoc2c1.O=C(O)c1ccc2ccoc2c1.O=C1COc2cc(O)ccc21.O=S(=O)(Oc1ccc2ccoc2c1)C(F)(F)F.[Li+].[OH-]. The average Bonchev–Trinajstić information content (AvgIpc) is 3.95. The zero-order valence-electron chi connectivity index (χ0n) is 28.5. The summed E-state index contributed by atoms with van der Waals surface area (Å²) >= 11 is 0. The molecule has 8 rings (SSSR count). The Labute approximate surface area is 327 Å². The maximum Gasteiger partial charge on any atom is 1.00 e. The maximum absolute atomic E-state index is 12.0. The largest absolute Gasteiger partial charge is 1.00 e. The quantitative estimate of drug-likeness (QED) is 0.0980. The van der Waals surface area contributed by atoms with Crippen LogP contribution < -0.4 is 27.8 Å². The number of alkyl halides is 3. The number of ether oxygens (including phenoxy) is 2. The molecule has 0 unspecified atom stereocenters. The van der Waals surface area contributed by atoms with Crippen molar-refractivity contribution in [3.05, 3.63) is 126 Å². The molecule has 0 saturated carbocycles. The molecule has 3 N–H and O–H groups in total. The number of esters is 1. The van der Waals surface area contributed by atoms with Crippen molar-refractivity contribution in [2.45, 2.75) is 12.9 Å². The van der Waals surface area contributed by atoms with Gasteiger partial charge in [-0.25, -0.2) is 9.59 Å². The molecule has 19 heteroatoms. The first-order valence-electron chi connectivity index (χ1n) is 14.9. The van der Waals surface area contributed by atoms with E-state index in [-0.39, 0.29) is 67.0 Å². The molecule has 4 heterocycles. The second-order valence-electron chi connectivity index (χ2n) is 10.6. The summed E-state index contributed by atoms with van der Waals surface area (Å²) in [5, 5.41) is 20.2. The molecule has 0 spiro atoms. The van der Waals surface area contributed by atoms with Crippen LogP contribution in [0.3, 0.4) is 0 Å². The Kier molecular flexibility index (Phi) is 15.9. The van der Waals surface area contributed by atoms with Gasteiger partial charge in [0, 0.05) is 28.3 Å². The zero-order chi connectivity index (χ0) is 38.3. The first kappa shape index (κ1) is 46.0. The van der Waals surface area contributed by atoms with Crippen LogP contribution in [0.5, 0.6) is 17.2 Å². The van der Waals surface area contributed by atoms with E-state index in [4.69, 9.17) is 28.2 Å². The number of benzene rings is 4. The van der Waals surface area contributed by atoms with Crippen molar-refractivity contribution in [3.8, 4) is 17.2 Å². The van der Waals surface area contributed by atoms with Gasteiger partial charge in [-0.2, -0.15) is 21.6 Å². The second kappa shape index (κ2) is 19.4. The number of Topliss-reactive ketones (excluding diaryl/α,β-unsaturated/α-hetero) is 1. The summed E-state index contributed by atoms with van der Waals surface area (Å²) in [5.41, 5.74) is -2.60. The van der Waals surface area contributed by atoms with Gasteiger partial charge in [-0.3, -0.25) is 4.79 Å². The van der Waals surface area contributed by atoms with Gasteiger partial charge in [-0.1, -0.05) is 19.6 Å². The minimum atomic E-state index is -5.64. The fraction of sp³-hybridized carbons (Fsp3) is 0.108. The van der Waals surface area contributed by atoms with E-state index >= 15 is 0 Å². The predicted octanol–water partition coefficient (Wildman–Crippen LogP) is 5.44. The van der Waals surface area contributed by atoms with Crippen molar-refractivity contribution < 1.29 is 97.4 Å². The van der Waals surface area contributed by atoms with Crippen LogP contribution in [-0.2, 0) is 14.9 Å². The number of ketones is 1. The Bertz CT molecular complexity index is 2540. The molecular formula is C37H30F3LiO14S. The molecule has 0 fully saturated rings. The second-order valence-corrected chi connectivity index (χ2v) is 12.2. The van der Waals surface area contributed by atoms with Crippen molar-refractivity contribution in [2.24, 2.45) is 0 Å². The first-order valence-corrected chi connectivity index (χ1v) is 16.3. The van der Waals surface area contributed by atoms with Crippen LogP contribution in [0.15, 0.2) is 123 Å². The number of halogens is 3. The van der Waals surface area contributed by atoms with Crippen LogP contribution in [0, 0.1) is 0 Å². The number of phenolic OH excluding ortho intramolecular Hbond substituents is 1. The van der Waals surface area contributed by atoms with Gasteiger partial charge in [-0.05, 0) is 66.7 Å². The summed E-state index contributed by atoms with van der Waals surface area (Å²) < 4.78 is 86.1. The van der Waals surface area contributed by atoms with E-state index in [0.29, 0.717) is 33.4 Å². The van der Waals surface area contributed by atoms with Gasteiger partial charge in [-0.15, -0.1) is 0 Å². The number of carbonyl (C=O) groups excluding carboxylic acids is 2. The number of carbonyl (C=O) groups is 3. The number of phenols is 1. The van der Waals surface area contributed by atoms with Crippen molar-refractivity contribution in [1.29, 1.82) is 0 Å². The van der Waals surface area contributed by atoms with Crippen molar-refractivity contribution in [1.82, 2.24) is 0 Å². The molecule has 290 valence electrons. The number of aromatic hydroxyl groups is 1. The van der Waals surface area contributed by atoms with Crippen LogP contribution in [-0.4, -0.2) is 61.1 Å². The summed E-state index contributed by atoms with van der Waals surface area (Å²) in [6.07, 6.45) is 4.45. The van der Waals surface area contributed by atoms with Crippen molar-refractivity contribution in [2.75, 3.05) is 13.7 Å². The molecule has 3 aromatic heterocycles. The van der Waals surface area contributed by atoms with E-state index in [9.17, 15) is 36.0 Å². The summed E-state index contributed by atoms with van der Waals surface area (Å²) in [5.74, 6) is -1.16. The monoisotopic (exact) mass is 794 g/mol. The molecule has 0 bridgehead atoms. The number of aromatic carboxylic acids is 1. The maximum atomic E-state index is 12.0. The molecule has 1 aliphatic heterocycles. The van der Waals surface area contributed by atoms with E-state index in [1.165, 1.54) is 43.9 Å². The number of hydrogen-bond acceptors (Lipinski definition) is 13. The first-order chi connectivity index (χ1) is 25.1. The molecule has 0 saturated heterocycles. The molecule has 0 atom stereocenters. The number of furan rings is 3. The van der Waals surface area contributed by atoms with E-state index in [1.54, 1.807) is 48.7 Å². The standard InChI is InChI=1S/C10H8O3.C9H5F3O4S.C9H6O3.C8H6O3.CH4.Li.H2O/c1-12-10(11)8-3-2-7-4-5-13-9(7)6-8;10-9(11,12)17(13,14)16-7-2-1-6-3-4-15-8(6)5-7;10-9(11)7-2-1-6-3-4-12-8(6)5-7;9-5-1-2-6-7(10)4-11-8(6)3-5;;;/h2-6H,1H3;1-5H;1-5H,(H,10,11);1-3,9H,4H2;1H4;;1H2/q;;;;;+1;/p-1. The third-order valence-electron chi connectivity index (χ3n) is 7.12. The molecule has 0 amide bonds. The van der Waals surface area contributed by atoms with Crippen LogP contribution in [0.2, 0.25) is 0 Å². The number of rotatable bonds is 4. The van der Waals surface area contributed by atoms with E-state index in [2.05, 4.69) is 8.92 Å². The van der Waals surface area contributed by atoms with Gasteiger partial charge in [0.2, 0.25) is 5.78 Å². The van der Waals surface area contributed by atoms with Crippen molar-refractivity contribution >= 4 is 60.7 Å². The molecule has 0 aliphatic carbocycles. The van der Waals surface area contributed by atoms with Gasteiger partial charge in [0.1, 0.15) is 34.0 Å². The van der Waals surface area contributed by atoms with Crippen LogP contribution in [0.4, 0.5) is 13.2 Å². The topological polar surface area (TPSA) is 223 Å². The Hall–Kier alpha value is -6.19. The summed E-state index contributed by atoms with van der Waals surface area (Å²) in [4.78, 5) is 32.6. The molecule has 1 aliphatic rings. The molecule has 14 nitrogen and oxygen atoms in total. The molecule has 0 radical (unpaired) electrons. The van der Waals surface area contributed by atoms with Crippen LogP contribution in [0.25, 0.3) is 32.9 Å². The normalized spacial score (nSPS) is 11.3. The van der Waals surface area contributed by atoms with Gasteiger partial charge in [0.25, 0.3) is 0 Å². The minimum absolute atomic E-state index is 0.